The Morgan fingerprint density at radius 2 is 2.21 bits per heavy atom. The maximum absolute atomic E-state index is 9.99. The van der Waals surface area contributed by atoms with Crippen molar-refractivity contribution < 1.29 is 14.3 Å². The molecule has 0 heterocycles. The summed E-state index contributed by atoms with van der Waals surface area (Å²) in [6.45, 7) is 7.37. The van der Waals surface area contributed by atoms with Crippen molar-refractivity contribution in [2.45, 2.75) is 20.0 Å². The number of hydrogen-bond donors (Lipinski definition) is 0. The minimum Gasteiger partial charge on any atom is -0.377 e. The first-order chi connectivity index (χ1) is 6.70. The summed E-state index contributed by atoms with van der Waals surface area (Å²) in [7, 11) is 2.05. The van der Waals surface area contributed by atoms with Crippen LogP contribution in [-0.2, 0) is 14.3 Å². The predicted octanol–water partition coefficient (Wildman–Crippen LogP) is 0.559. The van der Waals surface area contributed by atoms with Gasteiger partial charge in [0.1, 0.15) is 12.9 Å². The molecule has 4 heteroatoms. The van der Waals surface area contributed by atoms with Crippen molar-refractivity contribution in [2.75, 3.05) is 40.0 Å². The summed E-state index contributed by atoms with van der Waals surface area (Å²) in [4.78, 5) is 12.2. The summed E-state index contributed by atoms with van der Waals surface area (Å²) >= 11 is 0. The Morgan fingerprint density at radius 3 is 2.79 bits per heavy atom. The summed E-state index contributed by atoms with van der Waals surface area (Å²) in [5.41, 5.74) is 0. The Labute approximate surface area is 86.2 Å². The number of carbonyl (C=O) groups excluding carboxylic acids is 1. The summed E-state index contributed by atoms with van der Waals surface area (Å²) in [6, 6.07) is 0. The van der Waals surface area contributed by atoms with Crippen molar-refractivity contribution in [1.82, 2.24) is 4.90 Å². The standard InChI is InChI=1S/C10H21NO3/c1-4-11(3)5-7-13-9-10(2)14-8-6-12/h6,10H,4-5,7-9H2,1-3H3. The first-order valence-corrected chi connectivity index (χ1v) is 5.02. The highest BCUT2D eigenvalue weighted by atomic mass is 16.5. The monoisotopic (exact) mass is 203 g/mol. The summed E-state index contributed by atoms with van der Waals surface area (Å²) in [5.74, 6) is 0. The highest BCUT2D eigenvalue weighted by Crippen LogP contribution is 1.91. The predicted molar refractivity (Wildman–Crippen MR) is 55.5 cm³/mol. The van der Waals surface area contributed by atoms with E-state index < -0.39 is 0 Å². The van der Waals surface area contributed by atoms with Crippen molar-refractivity contribution in [3.8, 4) is 0 Å². The third-order valence-electron chi connectivity index (χ3n) is 1.96. The quantitative estimate of drug-likeness (QED) is 0.405. The molecule has 0 bridgehead atoms. The van der Waals surface area contributed by atoms with Crippen molar-refractivity contribution in [2.24, 2.45) is 0 Å². The minimum absolute atomic E-state index is 0.00728. The molecule has 1 atom stereocenters. The van der Waals surface area contributed by atoms with Crippen LogP contribution in [0.25, 0.3) is 0 Å². The van der Waals surface area contributed by atoms with Crippen LogP contribution in [0.5, 0.6) is 0 Å². The Balaban J connectivity index is 3.22. The molecule has 0 rings (SSSR count). The van der Waals surface area contributed by atoms with Gasteiger partial charge in [0, 0.05) is 6.54 Å². The van der Waals surface area contributed by atoms with Gasteiger partial charge in [-0.2, -0.15) is 0 Å². The lowest BCUT2D eigenvalue weighted by Gasteiger charge is -2.15. The summed E-state index contributed by atoms with van der Waals surface area (Å²) < 4.78 is 10.5. The Hall–Kier alpha value is -0.450. The van der Waals surface area contributed by atoms with Crippen LogP contribution < -0.4 is 0 Å². The lowest BCUT2D eigenvalue weighted by Crippen LogP contribution is -2.25. The zero-order chi connectivity index (χ0) is 10.8. The molecular formula is C10H21NO3. The van der Waals surface area contributed by atoms with Crippen LogP contribution in [0.15, 0.2) is 0 Å². The molecule has 0 fully saturated rings. The van der Waals surface area contributed by atoms with E-state index in [1.54, 1.807) is 0 Å². The van der Waals surface area contributed by atoms with Gasteiger partial charge in [-0.25, -0.2) is 0 Å². The molecule has 0 saturated heterocycles. The molecule has 1 unspecified atom stereocenters. The Bertz CT molecular complexity index is 141. The van der Waals surface area contributed by atoms with Crippen LogP contribution in [0.1, 0.15) is 13.8 Å². The van der Waals surface area contributed by atoms with E-state index in [-0.39, 0.29) is 12.7 Å². The molecule has 0 radical (unpaired) electrons. The van der Waals surface area contributed by atoms with Crippen LogP contribution in [-0.4, -0.2) is 57.2 Å². The maximum atomic E-state index is 9.99. The van der Waals surface area contributed by atoms with E-state index in [0.29, 0.717) is 13.2 Å². The molecule has 0 aromatic heterocycles. The highest BCUT2D eigenvalue weighted by molar-refractivity contribution is 5.50. The van der Waals surface area contributed by atoms with Gasteiger partial charge in [-0.05, 0) is 20.5 Å². The van der Waals surface area contributed by atoms with Gasteiger partial charge in [0.05, 0.1) is 19.3 Å². The van der Waals surface area contributed by atoms with Crippen molar-refractivity contribution in [3.63, 3.8) is 0 Å². The smallest absolute Gasteiger partial charge is 0.145 e. The average molecular weight is 203 g/mol. The first-order valence-electron chi connectivity index (χ1n) is 5.02. The normalized spacial score (nSPS) is 13.1. The second-order valence-corrected chi connectivity index (χ2v) is 3.28. The van der Waals surface area contributed by atoms with Crippen molar-refractivity contribution in [3.05, 3.63) is 0 Å². The molecule has 0 aliphatic rings. The molecular weight excluding hydrogens is 182 g/mol. The van der Waals surface area contributed by atoms with Crippen LogP contribution in [0.3, 0.4) is 0 Å². The molecule has 0 aromatic rings. The highest BCUT2D eigenvalue weighted by Gasteiger charge is 2.01. The minimum atomic E-state index is -0.00728. The van der Waals surface area contributed by atoms with Crippen LogP contribution >= 0.6 is 0 Å². The Morgan fingerprint density at radius 1 is 1.50 bits per heavy atom. The summed E-state index contributed by atoms with van der Waals surface area (Å²) in [5, 5.41) is 0. The third kappa shape index (κ3) is 8.16. The van der Waals surface area contributed by atoms with Gasteiger partial charge in [0.2, 0.25) is 0 Å². The van der Waals surface area contributed by atoms with Gasteiger partial charge < -0.3 is 19.2 Å². The third-order valence-corrected chi connectivity index (χ3v) is 1.96. The number of nitrogens with zero attached hydrogens (tertiary/aromatic N) is 1. The molecule has 84 valence electrons. The van der Waals surface area contributed by atoms with Crippen molar-refractivity contribution >= 4 is 6.29 Å². The zero-order valence-electron chi connectivity index (χ0n) is 9.36. The van der Waals surface area contributed by atoms with Gasteiger partial charge in [-0.15, -0.1) is 0 Å². The number of ether oxygens (including phenoxy) is 2. The van der Waals surface area contributed by atoms with E-state index in [9.17, 15) is 4.79 Å². The molecule has 0 aliphatic carbocycles. The summed E-state index contributed by atoms with van der Waals surface area (Å²) in [6.07, 6.45) is 0.744. The fourth-order valence-electron chi connectivity index (χ4n) is 0.879. The molecule has 0 amide bonds. The Kier molecular flexibility index (Phi) is 8.83. The molecule has 0 aromatic carbocycles. The van der Waals surface area contributed by atoms with E-state index in [2.05, 4.69) is 18.9 Å². The van der Waals surface area contributed by atoms with Crippen molar-refractivity contribution in [1.29, 1.82) is 0 Å². The van der Waals surface area contributed by atoms with E-state index in [0.717, 1.165) is 19.4 Å². The molecule has 0 spiro atoms. The molecule has 0 aliphatic heterocycles. The number of likely N-dealkylation sites (N-methyl/N-ethyl adjacent to an activating group) is 1. The molecule has 0 N–H and O–H groups in total. The molecule has 4 nitrogen and oxygen atoms in total. The molecule has 14 heavy (non-hydrogen) atoms. The number of carbonyl (C=O) groups is 1. The second-order valence-electron chi connectivity index (χ2n) is 3.28. The fraction of sp³-hybridized carbons (Fsp3) is 0.900. The SMILES string of the molecule is CCN(C)CCOCC(C)OCC=O. The van der Waals surface area contributed by atoms with Gasteiger partial charge in [0.25, 0.3) is 0 Å². The topological polar surface area (TPSA) is 38.8 Å². The van der Waals surface area contributed by atoms with E-state index >= 15 is 0 Å². The zero-order valence-corrected chi connectivity index (χ0v) is 9.36. The number of rotatable bonds is 9. The lowest BCUT2D eigenvalue weighted by atomic mass is 10.4. The van der Waals surface area contributed by atoms with Crippen LogP contribution in [0.2, 0.25) is 0 Å². The van der Waals surface area contributed by atoms with E-state index in [1.807, 2.05) is 6.92 Å². The average Bonchev–Trinajstić information content (AvgIpc) is 2.21. The maximum Gasteiger partial charge on any atom is 0.145 e. The van der Waals surface area contributed by atoms with Crippen LogP contribution in [0, 0.1) is 0 Å². The van der Waals surface area contributed by atoms with Gasteiger partial charge >= 0.3 is 0 Å². The number of hydrogen-bond acceptors (Lipinski definition) is 4. The van der Waals surface area contributed by atoms with Gasteiger partial charge in [-0.3, -0.25) is 0 Å². The largest absolute Gasteiger partial charge is 0.377 e. The van der Waals surface area contributed by atoms with E-state index in [1.165, 1.54) is 0 Å². The second kappa shape index (κ2) is 9.12. The van der Waals surface area contributed by atoms with Gasteiger partial charge in [-0.1, -0.05) is 6.92 Å². The number of aldehydes is 1. The van der Waals surface area contributed by atoms with E-state index in [4.69, 9.17) is 9.47 Å². The van der Waals surface area contributed by atoms with Crippen LogP contribution in [0.4, 0.5) is 0 Å². The lowest BCUT2D eigenvalue weighted by molar-refractivity contribution is -0.114. The van der Waals surface area contributed by atoms with Gasteiger partial charge in [0.15, 0.2) is 0 Å². The first kappa shape index (κ1) is 13.5. The molecule has 0 saturated carbocycles. The fourth-order valence-corrected chi connectivity index (χ4v) is 0.879.